The fraction of sp³-hybridized carbons (Fsp3) is 0.643. The van der Waals surface area contributed by atoms with Crippen molar-refractivity contribution in [2.75, 3.05) is 31.7 Å². The third-order valence-corrected chi connectivity index (χ3v) is 4.42. The van der Waals surface area contributed by atoms with Gasteiger partial charge in [0.05, 0.1) is 19.2 Å². The van der Waals surface area contributed by atoms with E-state index in [0.717, 1.165) is 44.0 Å². The van der Waals surface area contributed by atoms with E-state index in [9.17, 15) is 0 Å². The summed E-state index contributed by atoms with van der Waals surface area (Å²) in [7, 11) is 1.78. The Balaban J connectivity index is 1.58. The van der Waals surface area contributed by atoms with Crippen LogP contribution in [-0.4, -0.2) is 58.1 Å². The Morgan fingerprint density at radius 1 is 1.43 bits per heavy atom. The molecule has 4 rings (SSSR count). The smallest absolute Gasteiger partial charge is 0.254 e. The molecule has 1 unspecified atom stereocenters. The molecule has 112 valence electrons. The van der Waals surface area contributed by atoms with Crippen molar-refractivity contribution in [3.05, 3.63) is 18.1 Å². The van der Waals surface area contributed by atoms with E-state index in [1.807, 2.05) is 13.0 Å². The maximum Gasteiger partial charge on any atom is 0.254 e. The second-order valence-electron chi connectivity index (χ2n) is 5.97. The van der Waals surface area contributed by atoms with Gasteiger partial charge in [-0.3, -0.25) is 0 Å². The lowest BCUT2D eigenvalue weighted by atomic mass is 9.84. The molecule has 2 aliphatic rings. The molecule has 0 amide bonds. The van der Waals surface area contributed by atoms with Gasteiger partial charge in [0.15, 0.2) is 0 Å². The van der Waals surface area contributed by atoms with Crippen LogP contribution >= 0.6 is 0 Å². The summed E-state index contributed by atoms with van der Waals surface area (Å²) in [4.78, 5) is 10.8. The highest BCUT2D eigenvalue weighted by molar-refractivity contribution is 5.50. The molecule has 7 heteroatoms. The average Bonchev–Trinajstić information content (AvgIpc) is 2.92. The molecule has 0 saturated carbocycles. The Morgan fingerprint density at radius 3 is 3.10 bits per heavy atom. The van der Waals surface area contributed by atoms with Gasteiger partial charge in [-0.15, -0.1) is 0 Å². The first-order chi connectivity index (χ1) is 10.2. The summed E-state index contributed by atoms with van der Waals surface area (Å²) >= 11 is 0. The summed E-state index contributed by atoms with van der Waals surface area (Å²) in [6, 6.07) is 2.05. The molecule has 4 heterocycles. The van der Waals surface area contributed by atoms with Gasteiger partial charge in [0.2, 0.25) is 0 Å². The normalized spacial score (nSPS) is 24.5. The fourth-order valence-corrected chi connectivity index (χ4v) is 3.35. The van der Waals surface area contributed by atoms with Crippen LogP contribution in [0.5, 0.6) is 0 Å². The minimum absolute atomic E-state index is 0.0665. The average molecular weight is 289 g/mol. The van der Waals surface area contributed by atoms with Crippen LogP contribution in [0.4, 0.5) is 5.82 Å². The molecule has 7 nitrogen and oxygen atoms in total. The van der Waals surface area contributed by atoms with E-state index in [-0.39, 0.29) is 5.60 Å². The second kappa shape index (κ2) is 4.64. The number of nitrogens with zero attached hydrogens (tertiary/aromatic N) is 5. The highest BCUT2D eigenvalue weighted by atomic mass is 16.5. The van der Waals surface area contributed by atoms with Crippen LogP contribution in [0.15, 0.2) is 12.4 Å². The Bertz CT molecular complexity index is 664. The van der Waals surface area contributed by atoms with Crippen molar-refractivity contribution in [1.82, 2.24) is 19.6 Å². The van der Waals surface area contributed by atoms with Crippen LogP contribution in [-0.2, 0) is 9.47 Å². The van der Waals surface area contributed by atoms with Crippen LogP contribution in [0.2, 0.25) is 0 Å². The van der Waals surface area contributed by atoms with Gasteiger partial charge in [-0.05, 0) is 13.3 Å². The number of aromatic nitrogens is 4. The molecule has 2 aromatic heterocycles. The van der Waals surface area contributed by atoms with Gasteiger partial charge >= 0.3 is 0 Å². The van der Waals surface area contributed by atoms with Crippen molar-refractivity contribution in [1.29, 1.82) is 0 Å². The zero-order valence-corrected chi connectivity index (χ0v) is 12.3. The quantitative estimate of drug-likeness (QED) is 0.815. The largest absolute Gasteiger partial charge is 0.381 e. The molecule has 2 aliphatic heterocycles. The van der Waals surface area contributed by atoms with Crippen LogP contribution < -0.4 is 4.90 Å². The van der Waals surface area contributed by atoms with Crippen LogP contribution in [0.3, 0.4) is 0 Å². The SMILES string of the molecule is COC1CCOC2(C1)CN(c1cc(C)nc3ncnn13)C2. The van der Waals surface area contributed by atoms with Gasteiger partial charge in [0, 0.05) is 31.9 Å². The topological polar surface area (TPSA) is 64.8 Å². The molecule has 21 heavy (non-hydrogen) atoms. The first-order valence-corrected chi connectivity index (χ1v) is 7.28. The van der Waals surface area contributed by atoms with E-state index in [1.165, 1.54) is 0 Å². The summed E-state index contributed by atoms with van der Waals surface area (Å²) in [5, 5.41) is 4.26. The predicted molar refractivity (Wildman–Crippen MR) is 76.4 cm³/mol. The number of hydrogen-bond donors (Lipinski definition) is 0. The van der Waals surface area contributed by atoms with Crippen LogP contribution in [0.1, 0.15) is 18.5 Å². The maximum atomic E-state index is 6.03. The van der Waals surface area contributed by atoms with E-state index < -0.39 is 0 Å². The molecular formula is C14H19N5O2. The van der Waals surface area contributed by atoms with Gasteiger partial charge in [0.25, 0.3) is 5.78 Å². The molecule has 0 aliphatic carbocycles. The van der Waals surface area contributed by atoms with E-state index in [4.69, 9.17) is 9.47 Å². The first kappa shape index (κ1) is 13.0. The molecule has 0 N–H and O–H groups in total. The van der Waals surface area contributed by atoms with Crippen molar-refractivity contribution < 1.29 is 9.47 Å². The molecule has 1 spiro atoms. The molecule has 1 atom stereocenters. The van der Waals surface area contributed by atoms with Gasteiger partial charge in [-0.1, -0.05) is 0 Å². The van der Waals surface area contributed by atoms with Gasteiger partial charge in [0.1, 0.15) is 17.7 Å². The minimum Gasteiger partial charge on any atom is -0.381 e. The summed E-state index contributed by atoms with van der Waals surface area (Å²) in [6.07, 6.45) is 3.80. The monoisotopic (exact) mass is 289 g/mol. The van der Waals surface area contributed by atoms with Crippen molar-refractivity contribution >= 4 is 11.6 Å². The summed E-state index contributed by atoms with van der Waals surface area (Å²) in [5.74, 6) is 1.68. The van der Waals surface area contributed by atoms with E-state index in [2.05, 4.69) is 20.0 Å². The summed E-state index contributed by atoms with van der Waals surface area (Å²) in [6.45, 7) is 4.49. The zero-order chi connectivity index (χ0) is 14.4. The lowest BCUT2D eigenvalue weighted by molar-refractivity contribution is -0.138. The van der Waals surface area contributed by atoms with Crippen LogP contribution in [0.25, 0.3) is 5.78 Å². The Morgan fingerprint density at radius 2 is 2.29 bits per heavy atom. The summed E-state index contributed by atoms with van der Waals surface area (Å²) in [5.41, 5.74) is 0.883. The third kappa shape index (κ3) is 2.08. The highest BCUT2D eigenvalue weighted by Crippen LogP contribution is 2.37. The lowest BCUT2D eigenvalue weighted by Crippen LogP contribution is -2.66. The Hall–Kier alpha value is -1.73. The molecule has 2 saturated heterocycles. The molecule has 0 aromatic carbocycles. The second-order valence-corrected chi connectivity index (χ2v) is 5.97. The molecule has 0 bridgehead atoms. The molecule has 0 radical (unpaired) electrons. The number of ether oxygens (including phenoxy) is 2. The number of fused-ring (bicyclic) bond motifs is 1. The summed E-state index contributed by atoms with van der Waals surface area (Å²) < 4.78 is 13.3. The number of aryl methyl sites for hydroxylation is 1. The minimum atomic E-state index is -0.0665. The fourth-order valence-electron chi connectivity index (χ4n) is 3.35. The van der Waals surface area contributed by atoms with Gasteiger partial charge in [-0.25, -0.2) is 4.98 Å². The molecule has 2 aromatic rings. The number of methoxy groups -OCH3 is 1. The third-order valence-electron chi connectivity index (χ3n) is 4.42. The molecular weight excluding hydrogens is 270 g/mol. The van der Waals surface area contributed by atoms with Gasteiger partial charge < -0.3 is 14.4 Å². The number of anilines is 1. The standard InChI is InChI=1S/C14H19N5O2/c1-10-5-12(19-13(17-10)15-9-16-19)18-7-14(8-18)6-11(20-2)3-4-21-14/h5,9,11H,3-4,6-8H2,1-2H3. The number of hydrogen-bond acceptors (Lipinski definition) is 6. The lowest BCUT2D eigenvalue weighted by Gasteiger charge is -2.53. The van der Waals surface area contributed by atoms with Crippen molar-refractivity contribution in [3.63, 3.8) is 0 Å². The predicted octanol–water partition coefficient (Wildman–Crippen LogP) is 0.817. The van der Waals surface area contributed by atoms with E-state index >= 15 is 0 Å². The zero-order valence-electron chi connectivity index (χ0n) is 12.3. The number of rotatable bonds is 2. The first-order valence-electron chi connectivity index (χ1n) is 7.28. The van der Waals surface area contributed by atoms with Gasteiger partial charge in [-0.2, -0.15) is 14.6 Å². The molecule has 2 fully saturated rings. The Labute approximate surface area is 122 Å². The maximum absolute atomic E-state index is 6.03. The van der Waals surface area contributed by atoms with Crippen LogP contribution in [0, 0.1) is 6.92 Å². The Kier molecular flexibility index (Phi) is 2.87. The van der Waals surface area contributed by atoms with Crippen molar-refractivity contribution in [3.8, 4) is 0 Å². The highest BCUT2D eigenvalue weighted by Gasteiger charge is 2.48. The van der Waals surface area contributed by atoms with Crippen molar-refractivity contribution in [2.45, 2.75) is 31.5 Å². The van der Waals surface area contributed by atoms with E-state index in [0.29, 0.717) is 11.9 Å². The van der Waals surface area contributed by atoms with E-state index in [1.54, 1.807) is 18.0 Å². The van der Waals surface area contributed by atoms with Crippen molar-refractivity contribution in [2.24, 2.45) is 0 Å².